The number of anilines is 1. The summed E-state index contributed by atoms with van der Waals surface area (Å²) < 4.78 is 0. The maximum absolute atomic E-state index is 9.63. The Bertz CT molecular complexity index is 335. The zero-order valence-electron chi connectivity index (χ0n) is 7.73. The molecule has 1 aromatic heterocycles. The topological polar surface area (TPSA) is 119 Å². The van der Waals surface area contributed by atoms with Crippen LogP contribution in [-0.2, 0) is 0 Å². The summed E-state index contributed by atoms with van der Waals surface area (Å²) in [5.41, 5.74) is 6.42. The third kappa shape index (κ3) is 1.84. The molecule has 0 aliphatic rings. The number of aliphatic hydroxyl groups is 2. The normalized spacial score (nSPS) is 14.7. The minimum atomic E-state index is -1.17. The monoisotopic (exact) mass is 196 g/mol. The highest BCUT2D eigenvalue weighted by molar-refractivity contribution is 5.43. The van der Waals surface area contributed by atoms with E-state index in [4.69, 9.17) is 11.0 Å². The van der Waals surface area contributed by atoms with Crippen LogP contribution < -0.4 is 5.73 Å². The predicted molar refractivity (Wildman–Crippen MR) is 48.9 cm³/mol. The smallest absolute Gasteiger partial charge is 0.151 e. The van der Waals surface area contributed by atoms with Gasteiger partial charge in [0.25, 0.3) is 0 Å². The van der Waals surface area contributed by atoms with Gasteiger partial charge in [0.2, 0.25) is 0 Å². The molecule has 5 N–H and O–H groups in total. The average Bonchev–Trinajstić information content (AvgIpc) is 2.46. The number of nitrogens with one attached hydrogen (secondary N) is 1. The van der Waals surface area contributed by atoms with Gasteiger partial charge < -0.3 is 15.9 Å². The highest BCUT2D eigenvalue weighted by Gasteiger charge is 2.23. The number of aliphatic hydroxyl groups excluding tert-OH is 2. The fraction of sp³-hybridized carbons (Fsp3) is 0.500. The Morgan fingerprint density at radius 2 is 2.29 bits per heavy atom. The van der Waals surface area contributed by atoms with Crippen LogP contribution in [0, 0.1) is 18.3 Å². The maximum atomic E-state index is 9.63. The lowest BCUT2D eigenvalue weighted by Gasteiger charge is -2.14. The van der Waals surface area contributed by atoms with Crippen molar-refractivity contribution in [2.24, 2.45) is 0 Å². The van der Waals surface area contributed by atoms with E-state index in [9.17, 15) is 10.2 Å². The Balaban J connectivity index is 2.89. The number of aromatic amines is 1. The number of hydrogen-bond donors (Lipinski definition) is 4. The van der Waals surface area contributed by atoms with Gasteiger partial charge in [-0.05, 0) is 6.92 Å². The molecular formula is C8H12N4O2. The molecule has 0 saturated heterocycles. The number of hydrogen-bond acceptors (Lipinski definition) is 5. The molecule has 0 aliphatic carbocycles. The Labute approximate surface area is 81.0 Å². The molecule has 2 unspecified atom stereocenters. The van der Waals surface area contributed by atoms with E-state index < -0.39 is 12.2 Å². The summed E-state index contributed by atoms with van der Waals surface area (Å²) in [6.07, 6.45) is -2.46. The second kappa shape index (κ2) is 4.09. The van der Waals surface area contributed by atoms with Gasteiger partial charge in [-0.1, -0.05) is 0 Å². The standard InChI is InChI=1S/C8H12N4O2/c1-4-6(8(10)12-11-4)7(14)5(13)2-3-9/h5,7,13-14H,2H2,1H3,(H3,10,11,12). The van der Waals surface area contributed by atoms with E-state index in [1.807, 2.05) is 0 Å². The Morgan fingerprint density at radius 1 is 1.64 bits per heavy atom. The first kappa shape index (κ1) is 10.5. The second-order valence-electron chi connectivity index (χ2n) is 3.02. The van der Waals surface area contributed by atoms with Crippen LogP contribution in [0.2, 0.25) is 0 Å². The molecule has 0 saturated carbocycles. The zero-order valence-corrected chi connectivity index (χ0v) is 7.73. The fourth-order valence-electron chi connectivity index (χ4n) is 1.23. The van der Waals surface area contributed by atoms with Crippen molar-refractivity contribution in [1.82, 2.24) is 10.2 Å². The molecule has 0 fully saturated rings. The molecule has 1 aromatic rings. The minimum Gasteiger partial charge on any atom is -0.389 e. The van der Waals surface area contributed by atoms with Gasteiger partial charge in [0, 0.05) is 11.3 Å². The van der Waals surface area contributed by atoms with Crippen molar-refractivity contribution >= 4 is 5.82 Å². The fourth-order valence-corrected chi connectivity index (χ4v) is 1.23. The summed E-state index contributed by atoms with van der Waals surface area (Å²) in [7, 11) is 0. The molecule has 0 amide bonds. The van der Waals surface area contributed by atoms with Crippen LogP contribution >= 0.6 is 0 Å². The molecule has 1 rings (SSSR count). The molecule has 0 spiro atoms. The predicted octanol–water partition coefficient (Wildman–Crippen LogP) is -0.392. The number of aryl methyl sites for hydroxylation is 1. The first-order valence-electron chi connectivity index (χ1n) is 4.11. The summed E-state index contributed by atoms with van der Waals surface area (Å²) in [6.45, 7) is 1.68. The molecule has 6 heteroatoms. The molecule has 0 aliphatic heterocycles. The average molecular weight is 196 g/mol. The van der Waals surface area contributed by atoms with E-state index in [1.54, 1.807) is 13.0 Å². The minimum absolute atomic E-state index is 0.145. The van der Waals surface area contributed by atoms with Gasteiger partial charge in [0.15, 0.2) is 5.82 Å². The van der Waals surface area contributed by atoms with E-state index in [0.29, 0.717) is 11.3 Å². The van der Waals surface area contributed by atoms with E-state index in [0.717, 1.165) is 0 Å². The van der Waals surface area contributed by atoms with Crippen LogP contribution in [0.25, 0.3) is 0 Å². The van der Waals surface area contributed by atoms with Crippen molar-refractivity contribution in [1.29, 1.82) is 5.26 Å². The van der Waals surface area contributed by atoms with Crippen LogP contribution in [0.3, 0.4) is 0 Å². The van der Waals surface area contributed by atoms with E-state index in [1.165, 1.54) is 0 Å². The third-order valence-corrected chi connectivity index (χ3v) is 1.98. The number of H-pyrrole nitrogens is 1. The molecule has 2 atom stereocenters. The molecule has 0 bridgehead atoms. The van der Waals surface area contributed by atoms with Crippen molar-refractivity contribution in [3.05, 3.63) is 11.3 Å². The number of aromatic nitrogens is 2. The SMILES string of the molecule is Cc1[nH]nc(N)c1C(O)C(O)CC#N. The van der Waals surface area contributed by atoms with E-state index >= 15 is 0 Å². The summed E-state index contributed by atoms with van der Waals surface area (Å²) in [6, 6.07) is 1.77. The van der Waals surface area contributed by atoms with Crippen molar-refractivity contribution < 1.29 is 10.2 Å². The third-order valence-electron chi connectivity index (χ3n) is 1.98. The lowest BCUT2D eigenvalue weighted by Crippen LogP contribution is -2.18. The zero-order chi connectivity index (χ0) is 10.7. The lowest BCUT2D eigenvalue weighted by molar-refractivity contribution is 0.0217. The summed E-state index contributed by atoms with van der Waals surface area (Å²) in [4.78, 5) is 0. The van der Waals surface area contributed by atoms with Gasteiger partial charge in [-0.2, -0.15) is 10.4 Å². The Kier molecular flexibility index (Phi) is 3.06. The molecule has 76 valence electrons. The lowest BCUT2D eigenvalue weighted by atomic mass is 10.0. The molecule has 0 radical (unpaired) electrons. The maximum Gasteiger partial charge on any atom is 0.151 e. The van der Waals surface area contributed by atoms with Gasteiger partial charge in [-0.3, -0.25) is 5.10 Å². The van der Waals surface area contributed by atoms with Gasteiger partial charge in [0.1, 0.15) is 6.10 Å². The van der Waals surface area contributed by atoms with Crippen LogP contribution in [0.15, 0.2) is 0 Å². The summed E-state index contributed by atoms with van der Waals surface area (Å²) in [5, 5.41) is 33.6. The van der Waals surface area contributed by atoms with Crippen molar-refractivity contribution in [3.8, 4) is 6.07 Å². The Hall–Kier alpha value is -1.58. The highest BCUT2D eigenvalue weighted by Crippen LogP contribution is 2.25. The molecule has 0 aromatic carbocycles. The quantitative estimate of drug-likeness (QED) is 0.524. The van der Waals surface area contributed by atoms with E-state index in [-0.39, 0.29) is 12.2 Å². The number of nitrogens with two attached hydrogens (primary N) is 1. The van der Waals surface area contributed by atoms with E-state index in [2.05, 4.69) is 10.2 Å². The largest absolute Gasteiger partial charge is 0.389 e. The number of nitrogens with zero attached hydrogens (tertiary/aromatic N) is 2. The molecule has 1 heterocycles. The first-order valence-corrected chi connectivity index (χ1v) is 4.11. The van der Waals surface area contributed by atoms with Gasteiger partial charge >= 0.3 is 0 Å². The second-order valence-corrected chi connectivity index (χ2v) is 3.02. The van der Waals surface area contributed by atoms with Crippen LogP contribution in [0.4, 0.5) is 5.82 Å². The van der Waals surface area contributed by atoms with Crippen molar-refractivity contribution in [2.75, 3.05) is 5.73 Å². The molecule has 14 heavy (non-hydrogen) atoms. The number of nitrogen functional groups attached to an aromatic ring is 1. The van der Waals surface area contributed by atoms with Crippen LogP contribution in [0.5, 0.6) is 0 Å². The first-order chi connectivity index (χ1) is 6.57. The van der Waals surface area contributed by atoms with Gasteiger partial charge in [0.05, 0.1) is 18.6 Å². The highest BCUT2D eigenvalue weighted by atomic mass is 16.3. The Morgan fingerprint density at radius 3 is 2.71 bits per heavy atom. The molecule has 6 nitrogen and oxygen atoms in total. The van der Waals surface area contributed by atoms with Gasteiger partial charge in [-0.15, -0.1) is 0 Å². The summed E-state index contributed by atoms with van der Waals surface area (Å²) >= 11 is 0. The van der Waals surface area contributed by atoms with Gasteiger partial charge in [-0.25, -0.2) is 0 Å². The molecular weight excluding hydrogens is 184 g/mol. The van der Waals surface area contributed by atoms with Crippen LogP contribution in [-0.4, -0.2) is 26.5 Å². The van der Waals surface area contributed by atoms with Crippen LogP contribution in [0.1, 0.15) is 23.8 Å². The number of nitriles is 1. The summed E-state index contributed by atoms with van der Waals surface area (Å²) in [5.74, 6) is 0.145. The van der Waals surface area contributed by atoms with Crippen molar-refractivity contribution in [3.63, 3.8) is 0 Å². The number of rotatable bonds is 3. The van der Waals surface area contributed by atoms with Crippen molar-refractivity contribution in [2.45, 2.75) is 25.6 Å².